The van der Waals surface area contributed by atoms with Crippen molar-refractivity contribution in [2.75, 3.05) is 19.7 Å². The molecule has 0 atom stereocenters. The lowest BCUT2D eigenvalue weighted by Gasteiger charge is -2.30. The van der Waals surface area contributed by atoms with Crippen LogP contribution in [-0.2, 0) is 4.79 Å². The second-order valence-corrected chi connectivity index (χ2v) is 5.58. The van der Waals surface area contributed by atoms with E-state index in [1.54, 1.807) is 11.8 Å². The molecule has 7 heteroatoms. The van der Waals surface area contributed by atoms with E-state index in [-0.39, 0.29) is 24.2 Å². The number of benzene rings is 1. The Morgan fingerprint density at radius 1 is 1.35 bits per heavy atom. The van der Waals surface area contributed by atoms with E-state index < -0.39 is 0 Å². The maximum atomic E-state index is 12.8. The molecule has 1 saturated heterocycles. The molecular formula is C16H18FN3O3. The highest BCUT2D eigenvalue weighted by Gasteiger charge is 2.27. The van der Waals surface area contributed by atoms with Crippen LogP contribution in [0.4, 0.5) is 4.39 Å². The number of halogens is 1. The van der Waals surface area contributed by atoms with E-state index >= 15 is 0 Å². The minimum absolute atomic E-state index is 0.0457. The molecule has 122 valence electrons. The predicted octanol–water partition coefficient (Wildman–Crippen LogP) is 2.30. The third-order valence-electron chi connectivity index (χ3n) is 3.92. The molecule has 0 N–H and O–H groups in total. The zero-order chi connectivity index (χ0) is 16.2. The van der Waals surface area contributed by atoms with Crippen molar-refractivity contribution >= 4 is 5.91 Å². The first-order chi connectivity index (χ1) is 11.1. The molecule has 0 bridgehead atoms. The molecule has 1 aliphatic heterocycles. The summed E-state index contributed by atoms with van der Waals surface area (Å²) in [5.41, 5.74) is 0. The molecule has 1 fully saturated rings. The Bertz CT molecular complexity index is 663. The lowest BCUT2D eigenvalue weighted by Crippen LogP contribution is -2.40. The molecule has 1 aromatic carbocycles. The minimum atomic E-state index is -0.331. The van der Waals surface area contributed by atoms with Crippen LogP contribution in [0.1, 0.15) is 30.5 Å². The maximum absolute atomic E-state index is 12.8. The van der Waals surface area contributed by atoms with E-state index in [2.05, 4.69) is 10.1 Å². The first-order valence-corrected chi connectivity index (χ1v) is 7.58. The van der Waals surface area contributed by atoms with Gasteiger partial charge in [-0.1, -0.05) is 5.16 Å². The summed E-state index contributed by atoms with van der Waals surface area (Å²) in [6.45, 7) is 3.02. The Balaban J connectivity index is 1.47. The summed E-state index contributed by atoms with van der Waals surface area (Å²) in [5, 5.41) is 3.80. The standard InChI is InChI=1S/C16H18FN3O3/c1-11-18-16(23-19-11)12-6-8-20(9-7-12)15(21)10-22-14-4-2-13(17)3-5-14/h2-5,12H,6-10H2,1H3. The van der Waals surface area contributed by atoms with Gasteiger partial charge in [-0.25, -0.2) is 4.39 Å². The predicted molar refractivity (Wildman–Crippen MR) is 79.5 cm³/mol. The summed E-state index contributed by atoms with van der Waals surface area (Å²) in [6.07, 6.45) is 1.59. The summed E-state index contributed by atoms with van der Waals surface area (Å²) in [5.74, 6) is 1.56. The average Bonchev–Trinajstić information content (AvgIpc) is 3.01. The normalized spacial score (nSPS) is 15.7. The van der Waals surface area contributed by atoms with Crippen LogP contribution in [0.15, 0.2) is 28.8 Å². The number of rotatable bonds is 4. The van der Waals surface area contributed by atoms with Crippen LogP contribution in [0.3, 0.4) is 0 Å². The monoisotopic (exact) mass is 319 g/mol. The van der Waals surface area contributed by atoms with Gasteiger partial charge in [-0.15, -0.1) is 0 Å². The van der Waals surface area contributed by atoms with Gasteiger partial charge in [0.05, 0.1) is 0 Å². The molecule has 1 aliphatic rings. The van der Waals surface area contributed by atoms with E-state index in [0.717, 1.165) is 12.8 Å². The fourth-order valence-corrected chi connectivity index (χ4v) is 2.62. The Morgan fingerprint density at radius 3 is 2.65 bits per heavy atom. The average molecular weight is 319 g/mol. The summed E-state index contributed by atoms with van der Waals surface area (Å²) in [4.78, 5) is 18.2. The molecule has 2 aromatic rings. The summed E-state index contributed by atoms with van der Waals surface area (Å²) >= 11 is 0. The first kappa shape index (κ1) is 15.5. The van der Waals surface area contributed by atoms with Gasteiger partial charge in [0.2, 0.25) is 5.89 Å². The Morgan fingerprint density at radius 2 is 2.04 bits per heavy atom. The second-order valence-electron chi connectivity index (χ2n) is 5.58. The summed E-state index contributed by atoms with van der Waals surface area (Å²) < 4.78 is 23.4. The zero-order valence-electron chi connectivity index (χ0n) is 12.9. The van der Waals surface area contributed by atoms with Crippen LogP contribution in [0.2, 0.25) is 0 Å². The third kappa shape index (κ3) is 3.85. The topological polar surface area (TPSA) is 68.5 Å². The van der Waals surface area contributed by atoms with Gasteiger partial charge in [-0.05, 0) is 44.0 Å². The molecule has 1 aromatic heterocycles. The summed E-state index contributed by atoms with van der Waals surface area (Å²) in [6, 6.07) is 5.62. The van der Waals surface area contributed by atoms with Gasteiger partial charge in [0.1, 0.15) is 11.6 Å². The van der Waals surface area contributed by atoms with Crippen molar-refractivity contribution in [2.45, 2.75) is 25.7 Å². The third-order valence-corrected chi connectivity index (χ3v) is 3.92. The molecule has 3 rings (SSSR count). The quantitative estimate of drug-likeness (QED) is 0.865. The number of piperidine rings is 1. The number of carbonyl (C=O) groups excluding carboxylic acids is 1. The van der Waals surface area contributed by atoms with Gasteiger partial charge >= 0.3 is 0 Å². The number of hydrogen-bond donors (Lipinski definition) is 0. The van der Waals surface area contributed by atoms with E-state index in [1.165, 1.54) is 24.3 Å². The van der Waals surface area contributed by atoms with E-state index in [4.69, 9.17) is 9.26 Å². The highest BCUT2D eigenvalue weighted by molar-refractivity contribution is 5.77. The van der Waals surface area contributed by atoms with Crippen molar-refractivity contribution in [3.05, 3.63) is 41.8 Å². The van der Waals surface area contributed by atoms with Crippen LogP contribution in [0.5, 0.6) is 5.75 Å². The SMILES string of the molecule is Cc1noc(C2CCN(C(=O)COc3ccc(F)cc3)CC2)n1. The van der Waals surface area contributed by atoms with Gasteiger partial charge in [-0.3, -0.25) is 4.79 Å². The van der Waals surface area contributed by atoms with Crippen LogP contribution < -0.4 is 4.74 Å². The molecule has 0 unspecified atom stereocenters. The number of ether oxygens (including phenoxy) is 1. The van der Waals surface area contributed by atoms with Crippen molar-refractivity contribution in [2.24, 2.45) is 0 Å². The van der Waals surface area contributed by atoms with Gasteiger partial charge in [0.25, 0.3) is 5.91 Å². The Kier molecular flexibility index (Phi) is 4.55. The van der Waals surface area contributed by atoms with E-state index in [0.29, 0.717) is 30.6 Å². The summed E-state index contributed by atoms with van der Waals surface area (Å²) in [7, 11) is 0. The molecule has 6 nitrogen and oxygen atoms in total. The number of aryl methyl sites for hydroxylation is 1. The number of carbonyl (C=O) groups is 1. The van der Waals surface area contributed by atoms with Crippen LogP contribution in [0, 0.1) is 12.7 Å². The second kappa shape index (κ2) is 6.76. The van der Waals surface area contributed by atoms with Crippen molar-refractivity contribution in [3.8, 4) is 5.75 Å². The molecule has 2 heterocycles. The van der Waals surface area contributed by atoms with Crippen LogP contribution in [0.25, 0.3) is 0 Å². The molecule has 0 radical (unpaired) electrons. The smallest absolute Gasteiger partial charge is 0.260 e. The molecule has 0 spiro atoms. The van der Waals surface area contributed by atoms with E-state index in [1.807, 2.05) is 0 Å². The number of aromatic nitrogens is 2. The fraction of sp³-hybridized carbons (Fsp3) is 0.438. The fourth-order valence-electron chi connectivity index (χ4n) is 2.62. The number of hydrogen-bond acceptors (Lipinski definition) is 5. The van der Waals surface area contributed by atoms with Crippen molar-refractivity contribution < 1.29 is 18.4 Å². The minimum Gasteiger partial charge on any atom is -0.484 e. The van der Waals surface area contributed by atoms with Crippen molar-refractivity contribution in [3.63, 3.8) is 0 Å². The van der Waals surface area contributed by atoms with Gasteiger partial charge in [-0.2, -0.15) is 4.98 Å². The van der Waals surface area contributed by atoms with Crippen molar-refractivity contribution in [1.82, 2.24) is 15.0 Å². The lowest BCUT2D eigenvalue weighted by molar-refractivity contribution is -0.134. The molecule has 23 heavy (non-hydrogen) atoms. The molecule has 0 aliphatic carbocycles. The molecule has 1 amide bonds. The Hall–Kier alpha value is -2.44. The number of nitrogens with zero attached hydrogens (tertiary/aromatic N) is 3. The van der Waals surface area contributed by atoms with Gasteiger partial charge in [0.15, 0.2) is 12.4 Å². The maximum Gasteiger partial charge on any atom is 0.260 e. The van der Waals surface area contributed by atoms with Crippen LogP contribution in [-0.4, -0.2) is 40.6 Å². The van der Waals surface area contributed by atoms with Crippen LogP contribution >= 0.6 is 0 Å². The largest absolute Gasteiger partial charge is 0.484 e. The van der Waals surface area contributed by atoms with E-state index in [9.17, 15) is 9.18 Å². The molecule has 0 saturated carbocycles. The molecular weight excluding hydrogens is 301 g/mol. The Labute approximate surface area is 133 Å². The van der Waals surface area contributed by atoms with Gasteiger partial charge in [0, 0.05) is 19.0 Å². The van der Waals surface area contributed by atoms with Crippen molar-refractivity contribution in [1.29, 1.82) is 0 Å². The lowest BCUT2D eigenvalue weighted by atomic mass is 9.97. The highest BCUT2D eigenvalue weighted by atomic mass is 19.1. The number of likely N-dealkylation sites (tertiary alicyclic amines) is 1. The zero-order valence-corrected chi connectivity index (χ0v) is 12.9. The first-order valence-electron chi connectivity index (χ1n) is 7.58. The number of amides is 1. The highest BCUT2D eigenvalue weighted by Crippen LogP contribution is 2.26. The van der Waals surface area contributed by atoms with Gasteiger partial charge < -0.3 is 14.2 Å².